The highest BCUT2D eigenvalue weighted by Crippen LogP contribution is 2.13. The van der Waals surface area contributed by atoms with Gasteiger partial charge in [0.1, 0.15) is 5.82 Å². The van der Waals surface area contributed by atoms with Crippen LogP contribution in [0.1, 0.15) is 5.56 Å². The molecule has 0 aliphatic carbocycles. The number of nitrogens with two attached hydrogens (primary N) is 1. The van der Waals surface area contributed by atoms with Crippen LogP contribution < -0.4 is 15.8 Å². The molecule has 1 aromatic carbocycles. The zero-order valence-electron chi connectivity index (χ0n) is 10.3. The fourth-order valence-corrected chi connectivity index (χ4v) is 1.62. The first kappa shape index (κ1) is 12.2. The first-order chi connectivity index (χ1) is 8.78. The first-order valence-corrected chi connectivity index (χ1v) is 5.74. The van der Waals surface area contributed by atoms with E-state index in [1.165, 1.54) is 5.56 Å². The molecule has 0 bridgehead atoms. The van der Waals surface area contributed by atoms with Crippen LogP contribution in [0, 0.1) is 0 Å². The van der Waals surface area contributed by atoms with E-state index in [1.807, 2.05) is 18.2 Å². The van der Waals surface area contributed by atoms with Crippen LogP contribution in [0.5, 0.6) is 5.88 Å². The molecule has 0 spiro atoms. The monoisotopic (exact) mass is 244 g/mol. The van der Waals surface area contributed by atoms with Crippen molar-refractivity contribution in [2.45, 2.75) is 6.42 Å². The summed E-state index contributed by atoms with van der Waals surface area (Å²) < 4.78 is 5.03. The quantitative estimate of drug-likeness (QED) is 0.837. The summed E-state index contributed by atoms with van der Waals surface area (Å²) in [5, 5.41) is 3.20. The Bertz CT molecular complexity index is 502. The zero-order valence-corrected chi connectivity index (χ0v) is 10.3. The van der Waals surface area contributed by atoms with Crippen LogP contribution in [0.3, 0.4) is 0 Å². The fraction of sp³-hybridized carbons (Fsp3) is 0.231. The summed E-state index contributed by atoms with van der Waals surface area (Å²) in [6.45, 7) is 0.781. The molecule has 3 N–H and O–H groups in total. The van der Waals surface area contributed by atoms with Gasteiger partial charge >= 0.3 is 0 Å². The number of ether oxygens (including phenoxy) is 1. The largest absolute Gasteiger partial charge is 0.481 e. The fourth-order valence-electron chi connectivity index (χ4n) is 1.62. The summed E-state index contributed by atoms with van der Waals surface area (Å²) >= 11 is 0. The number of anilines is 2. The van der Waals surface area contributed by atoms with E-state index < -0.39 is 0 Å². The van der Waals surface area contributed by atoms with Crippen molar-refractivity contribution in [2.75, 3.05) is 24.7 Å². The van der Waals surface area contributed by atoms with Gasteiger partial charge in [-0.15, -0.1) is 0 Å². The normalized spacial score (nSPS) is 10.1. The lowest BCUT2D eigenvalue weighted by molar-refractivity contribution is 0.398. The van der Waals surface area contributed by atoms with Gasteiger partial charge in [0.05, 0.1) is 7.11 Å². The Kier molecular flexibility index (Phi) is 3.96. The predicted octanol–water partition coefficient (Wildman–Crippen LogP) is 1.72. The molecular weight excluding hydrogens is 228 g/mol. The van der Waals surface area contributed by atoms with Crippen LogP contribution in [0.25, 0.3) is 0 Å². The van der Waals surface area contributed by atoms with Gasteiger partial charge in [0.15, 0.2) is 0 Å². The number of rotatable bonds is 5. The topological polar surface area (TPSA) is 73.1 Å². The van der Waals surface area contributed by atoms with E-state index in [2.05, 4.69) is 27.4 Å². The van der Waals surface area contributed by atoms with Gasteiger partial charge in [-0.3, -0.25) is 0 Å². The van der Waals surface area contributed by atoms with E-state index in [4.69, 9.17) is 10.5 Å². The molecule has 0 amide bonds. The molecular formula is C13H16N4O. The number of methoxy groups -OCH3 is 1. The molecule has 0 fully saturated rings. The standard InChI is InChI=1S/C13H16N4O/c1-18-12-9-11(16-13(14)17-12)15-8-7-10-5-3-2-4-6-10/h2-6,9H,7-8H2,1H3,(H3,14,15,16,17). The lowest BCUT2D eigenvalue weighted by atomic mass is 10.1. The number of nitrogens with one attached hydrogen (secondary N) is 1. The van der Waals surface area contributed by atoms with Crippen LogP contribution in [0.2, 0.25) is 0 Å². The molecule has 1 aromatic heterocycles. The maximum absolute atomic E-state index is 5.58. The molecule has 5 heteroatoms. The maximum Gasteiger partial charge on any atom is 0.225 e. The van der Waals surface area contributed by atoms with Gasteiger partial charge in [-0.2, -0.15) is 9.97 Å². The molecule has 5 nitrogen and oxygen atoms in total. The van der Waals surface area contributed by atoms with Crippen LogP contribution >= 0.6 is 0 Å². The van der Waals surface area contributed by atoms with Crippen molar-refractivity contribution in [1.29, 1.82) is 0 Å². The second-order valence-electron chi connectivity index (χ2n) is 3.82. The lowest BCUT2D eigenvalue weighted by Gasteiger charge is -2.07. The molecule has 18 heavy (non-hydrogen) atoms. The number of aromatic nitrogens is 2. The van der Waals surface area contributed by atoms with Crippen molar-refractivity contribution in [3.8, 4) is 5.88 Å². The number of benzene rings is 1. The summed E-state index contributed by atoms with van der Waals surface area (Å²) in [6, 6.07) is 12.0. The third-order valence-electron chi connectivity index (χ3n) is 2.49. The summed E-state index contributed by atoms with van der Waals surface area (Å²) in [5.74, 6) is 1.34. The molecule has 0 aliphatic heterocycles. The second kappa shape index (κ2) is 5.86. The molecule has 0 radical (unpaired) electrons. The average molecular weight is 244 g/mol. The Morgan fingerprint density at radius 3 is 2.72 bits per heavy atom. The van der Waals surface area contributed by atoms with Gasteiger partial charge < -0.3 is 15.8 Å². The van der Waals surface area contributed by atoms with Crippen molar-refractivity contribution >= 4 is 11.8 Å². The van der Waals surface area contributed by atoms with Gasteiger partial charge in [-0.25, -0.2) is 0 Å². The highest BCUT2D eigenvalue weighted by molar-refractivity contribution is 5.42. The molecule has 0 atom stereocenters. The Labute approximate surface area is 106 Å². The van der Waals surface area contributed by atoms with Gasteiger partial charge in [0.2, 0.25) is 11.8 Å². The summed E-state index contributed by atoms with van der Waals surface area (Å²) in [5.41, 5.74) is 6.85. The van der Waals surface area contributed by atoms with Gasteiger partial charge in [0.25, 0.3) is 0 Å². The second-order valence-corrected chi connectivity index (χ2v) is 3.82. The SMILES string of the molecule is COc1cc(NCCc2ccccc2)nc(N)n1. The lowest BCUT2D eigenvalue weighted by Crippen LogP contribution is -2.08. The van der Waals surface area contributed by atoms with Crippen LogP contribution in [0.4, 0.5) is 11.8 Å². The van der Waals surface area contributed by atoms with Crippen molar-refractivity contribution in [1.82, 2.24) is 9.97 Å². The van der Waals surface area contributed by atoms with Crippen molar-refractivity contribution in [3.05, 3.63) is 42.0 Å². The molecule has 2 rings (SSSR count). The van der Waals surface area contributed by atoms with E-state index >= 15 is 0 Å². The zero-order chi connectivity index (χ0) is 12.8. The smallest absolute Gasteiger partial charge is 0.225 e. The number of hydrogen-bond acceptors (Lipinski definition) is 5. The third-order valence-corrected chi connectivity index (χ3v) is 2.49. The Hall–Kier alpha value is -2.30. The van der Waals surface area contributed by atoms with Crippen molar-refractivity contribution in [3.63, 3.8) is 0 Å². The average Bonchev–Trinajstić information content (AvgIpc) is 2.39. The van der Waals surface area contributed by atoms with Crippen molar-refractivity contribution in [2.24, 2.45) is 0 Å². The summed E-state index contributed by atoms with van der Waals surface area (Å²) in [6.07, 6.45) is 0.924. The molecule has 0 saturated carbocycles. The highest BCUT2D eigenvalue weighted by Gasteiger charge is 2.01. The summed E-state index contributed by atoms with van der Waals surface area (Å²) in [4.78, 5) is 8.01. The molecule has 0 aliphatic rings. The van der Waals surface area contributed by atoms with E-state index in [-0.39, 0.29) is 5.95 Å². The minimum atomic E-state index is 0.205. The molecule has 94 valence electrons. The van der Waals surface area contributed by atoms with Crippen LogP contribution in [-0.2, 0) is 6.42 Å². The van der Waals surface area contributed by atoms with E-state index in [9.17, 15) is 0 Å². The predicted molar refractivity (Wildman–Crippen MR) is 71.6 cm³/mol. The van der Waals surface area contributed by atoms with E-state index in [0.717, 1.165) is 13.0 Å². The number of nitrogen functional groups attached to an aromatic ring is 1. The van der Waals surface area contributed by atoms with Crippen molar-refractivity contribution < 1.29 is 4.74 Å². The maximum atomic E-state index is 5.58. The minimum absolute atomic E-state index is 0.205. The Balaban J connectivity index is 1.92. The molecule has 2 aromatic rings. The highest BCUT2D eigenvalue weighted by atomic mass is 16.5. The Morgan fingerprint density at radius 1 is 1.22 bits per heavy atom. The van der Waals surface area contributed by atoms with E-state index in [1.54, 1.807) is 13.2 Å². The summed E-state index contributed by atoms with van der Waals surface area (Å²) in [7, 11) is 1.55. The molecule has 1 heterocycles. The first-order valence-electron chi connectivity index (χ1n) is 5.74. The van der Waals surface area contributed by atoms with E-state index in [0.29, 0.717) is 11.7 Å². The minimum Gasteiger partial charge on any atom is -0.481 e. The number of hydrogen-bond donors (Lipinski definition) is 2. The van der Waals surface area contributed by atoms with Crippen LogP contribution in [0.15, 0.2) is 36.4 Å². The van der Waals surface area contributed by atoms with Gasteiger partial charge in [0, 0.05) is 12.6 Å². The molecule has 0 saturated heterocycles. The van der Waals surface area contributed by atoms with Gasteiger partial charge in [-0.05, 0) is 12.0 Å². The third kappa shape index (κ3) is 3.35. The Morgan fingerprint density at radius 2 is 2.00 bits per heavy atom. The van der Waals surface area contributed by atoms with Crippen LogP contribution in [-0.4, -0.2) is 23.6 Å². The van der Waals surface area contributed by atoms with Gasteiger partial charge in [-0.1, -0.05) is 30.3 Å². The number of nitrogens with zero attached hydrogens (tertiary/aromatic N) is 2. The molecule has 0 unspecified atom stereocenters.